The van der Waals surface area contributed by atoms with Gasteiger partial charge in [0, 0.05) is 0 Å². The molecule has 0 amide bonds. The minimum Gasteiger partial charge on any atom is -0.426 e. The van der Waals surface area contributed by atoms with Crippen molar-refractivity contribution in [3.05, 3.63) is 44.8 Å². The van der Waals surface area contributed by atoms with Crippen LogP contribution in [0.1, 0.15) is 27.7 Å². The predicted octanol–water partition coefficient (Wildman–Crippen LogP) is 4.06. The Morgan fingerprint density at radius 3 is 1.03 bits per heavy atom. The number of halogens is 2. The monoisotopic (exact) mass is 584 g/mol. The summed E-state index contributed by atoms with van der Waals surface area (Å²) in [5, 5.41) is 2.78. The molecule has 0 heterocycles. The molecule has 0 aromatic carbocycles. The molecule has 0 aliphatic heterocycles. The van der Waals surface area contributed by atoms with Crippen molar-refractivity contribution in [2.45, 2.75) is 79.2 Å². The Morgan fingerprint density at radius 1 is 0.655 bits per heavy atom. The van der Waals surface area contributed by atoms with Gasteiger partial charge in [-0.05, 0) is 72.0 Å². The molecule has 9 heteroatoms. The average molecular weight is 587 g/mol. The zero-order valence-corrected chi connectivity index (χ0v) is 30.4. The molecular formula is C20H40Cl2O2Si4Zr. The third kappa shape index (κ3) is 11.6. The Labute approximate surface area is 219 Å². The van der Waals surface area contributed by atoms with Gasteiger partial charge in [-0.3, -0.25) is 0 Å². The molecule has 0 radical (unpaired) electrons. The molecule has 0 N–H and O–H groups in total. The van der Waals surface area contributed by atoms with Crippen LogP contribution in [-0.4, -0.2) is 49.3 Å². The second-order valence-electron chi connectivity index (χ2n) is 9.38. The Bertz CT molecular complexity index is 617. The molecule has 0 saturated carbocycles. The maximum Gasteiger partial charge on any atom is 2.00 e. The van der Waals surface area contributed by atoms with Gasteiger partial charge in [0.15, 0.2) is 16.6 Å². The van der Waals surface area contributed by atoms with Crippen molar-refractivity contribution in [1.82, 2.24) is 0 Å². The second kappa shape index (κ2) is 13.7. The van der Waals surface area contributed by atoms with Gasteiger partial charge in [0.2, 0.25) is 0 Å². The smallest absolute Gasteiger partial charge is 0.426 e. The molecule has 0 spiro atoms. The van der Waals surface area contributed by atoms with E-state index in [2.05, 4.69) is 79.1 Å². The zero-order valence-electron chi connectivity index (χ0n) is 20.3. The van der Waals surface area contributed by atoms with Crippen LogP contribution in [0.2, 0.25) is 39.3 Å². The van der Waals surface area contributed by atoms with Crippen LogP contribution in [0.15, 0.2) is 32.7 Å². The van der Waals surface area contributed by atoms with Crippen molar-refractivity contribution >= 4 is 61.9 Å². The molecule has 0 aromatic rings. The fourth-order valence-corrected chi connectivity index (χ4v) is 5.95. The molecule has 0 aromatic heterocycles. The van der Waals surface area contributed by atoms with Crippen molar-refractivity contribution in [2.75, 3.05) is 0 Å². The molecule has 0 saturated heterocycles. The third-order valence-corrected chi connectivity index (χ3v) is 8.70. The number of hydrogen-bond donors (Lipinski definition) is 0. The van der Waals surface area contributed by atoms with Gasteiger partial charge in [-0.15, -0.1) is 49.8 Å². The van der Waals surface area contributed by atoms with E-state index in [0.717, 1.165) is 20.5 Å². The normalized spacial score (nSPS) is 21.6. The van der Waals surface area contributed by atoms with Gasteiger partial charge in [-0.2, -0.15) is 0 Å². The van der Waals surface area contributed by atoms with Crippen LogP contribution >= 0.6 is 24.8 Å². The molecule has 2 nitrogen and oxygen atoms in total. The van der Waals surface area contributed by atoms with E-state index in [0.29, 0.717) is 0 Å². The molecule has 2 atom stereocenters. The molecule has 2 unspecified atom stereocenters. The molecule has 0 bridgehead atoms. The van der Waals surface area contributed by atoms with E-state index in [1.54, 1.807) is 0 Å². The van der Waals surface area contributed by atoms with Crippen molar-refractivity contribution in [3.8, 4) is 0 Å². The molecule has 2 aliphatic rings. The Balaban J connectivity index is -0.000000422. The largest absolute Gasteiger partial charge is 2.00 e. The average Bonchev–Trinajstić information content (AvgIpc) is 2.82. The summed E-state index contributed by atoms with van der Waals surface area (Å²) in [7, 11) is -0.660. The molecule has 0 fully saturated rings. The van der Waals surface area contributed by atoms with Gasteiger partial charge in [0.05, 0.1) is 0 Å². The predicted molar refractivity (Wildman–Crippen MR) is 141 cm³/mol. The van der Waals surface area contributed by atoms with Crippen molar-refractivity contribution in [3.63, 3.8) is 0 Å². The number of allylic oxidation sites excluding steroid dienone is 4. The van der Waals surface area contributed by atoms with Crippen LogP contribution in [0.5, 0.6) is 0 Å². The summed E-state index contributed by atoms with van der Waals surface area (Å²) >= 11 is 0. The quantitative estimate of drug-likeness (QED) is 0.366. The number of hydrogen-bond acceptors (Lipinski definition) is 2. The van der Waals surface area contributed by atoms with Gasteiger partial charge in [0.1, 0.15) is 0 Å². The van der Waals surface area contributed by atoms with E-state index in [1.807, 2.05) is 0 Å². The van der Waals surface area contributed by atoms with Crippen LogP contribution in [0.4, 0.5) is 0 Å². The van der Waals surface area contributed by atoms with Gasteiger partial charge in [0.25, 0.3) is 0 Å². The summed E-state index contributed by atoms with van der Waals surface area (Å²) < 4.78 is 12.0. The summed E-state index contributed by atoms with van der Waals surface area (Å²) in [6, 6.07) is 0. The fourth-order valence-electron chi connectivity index (χ4n) is 2.75. The van der Waals surface area contributed by atoms with Crippen LogP contribution in [-0.2, 0) is 35.1 Å². The van der Waals surface area contributed by atoms with Crippen LogP contribution in [0, 0.1) is 12.2 Å². The molecule has 166 valence electrons. The Morgan fingerprint density at radius 2 is 0.897 bits per heavy atom. The molecular weight excluding hydrogens is 547 g/mol. The SMILES string of the molecule is CC1=C(C)C(O[Si](C)(C)C)[C-]=C1[SiH3].CC1=C(C)C(O[Si](C)(C)C)[C-]=C1[SiH3].Cl.Cl.[Zr+2]. The zero-order chi connectivity index (χ0) is 20.4. The minimum absolute atomic E-state index is 0. The first kappa shape index (κ1) is 34.8. The summed E-state index contributed by atoms with van der Waals surface area (Å²) in [5.74, 6) is 0. The standard InChI is InChI=1S/2C10H19OSi2.2ClH.Zr/c2*1-7-8(2)10(12)6-9(7)11-13(3,4)5;;;/h2*9H,1-5,12H3;2*1H;/q2*-1;;;+2. The van der Waals surface area contributed by atoms with Crippen molar-refractivity contribution < 1.29 is 35.1 Å². The van der Waals surface area contributed by atoms with Gasteiger partial charge < -0.3 is 8.85 Å². The maximum absolute atomic E-state index is 6.02. The van der Waals surface area contributed by atoms with E-state index in [1.165, 1.54) is 32.7 Å². The topological polar surface area (TPSA) is 18.5 Å². The molecule has 2 aliphatic carbocycles. The second-order valence-corrected chi connectivity index (χ2v) is 20.3. The number of rotatable bonds is 4. The van der Waals surface area contributed by atoms with Gasteiger partial charge in [-0.25, -0.2) is 33.7 Å². The van der Waals surface area contributed by atoms with E-state index < -0.39 is 16.6 Å². The Hall–Kier alpha value is 1.21. The van der Waals surface area contributed by atoms with E-state index in [-0.39, 0.29) is 63.2 Å². The van der Waals surface area contributed by atoms with E-state index >= 15 is 0 Å². The van der Waals surface area contributed by atoms with E-state index in [9.17, 15) is 0 Å². The van der Waals surface area contributed by atoms with Crippen LogP contribution in [0.25, 0.3) is 0 Å². The first-order valence-electron chi connectivity index (χ1n) is 9.53. The summed E-state index contributed by atoms with van der Waals surface area (Å²) in [5.41, 5.74) is 5.56. The van der Waals surface area contributed by atoms with Crippen LogP contribution in [0.3, 0.4) is 0 Å². The molecule has 2 rings (SSSR count). The summed E-state index contributed by atoms with van der Waals surface area (Å²) in [4.78, 5) is 0. The van der Waals surface area contributed by atoms with Crippen molar-refractivity contribution in [2.24, 2.45) is 0 Å². The van der Waals surface area contributed by atoms with Gasteiger partial charge in [-0.1, -0.05) is 13.8 Å². The first-order valence-corrected chi connectivity index (χ1v) is 18.4. The Kier molecular flexibility index (Phi) is 16.4. The first-order chi connectivity index (χ1) is 11.6. The maximum atomic E-state index is 6.02. The van der Waals surface area contributed by atoms with Crippen molar-refractivity contribution in [1.29, 1.82) is 0 Å². The third-order valence-electron chi connectivity index (χ3n) is 4.73. The molecule has 29 heavy (non-hydrogen) atoms. The summed E-state index contributed by atoms with van der Waals surface area (Å²) in [6.07, 6.45) is 7.19. The van der Waals surface area contributed by atoms with Crippen LogP contribution < -0.4 is 0 Å². The summed E-state index contributed by atoms with van der Waals surface area (Å²) in [6.45, 7) is 22.0. The van der Waals surface area contributed by atoms with E-state index in [4.69, 9.17) is 8.85 Å². The van der Waals surface area contributed by atoms with Gasteiger partial charge >= 0.3 is 26.2 Å². The fraction of sp³-hybridized carbons (Fsp3) is 0.600. The minimum atomic E-state index is -1.42.